The molecule has 0 amide bonds. The molecule has 0 aromatic heterocycles. The summed E-state index contributed by atoms with van der Waals surface area (Å²) in [5.41, 5.74) is -0.174. The van der Waals surface area contributed by atoms with E-state index in [4.69, 9.17) is 4.74 Å². The molecule has 3 rings (SSSR count). The number of ether oxygens (including phenoxy) is 1. The Bertz CT molecular complexity index is 568. The van der Waals surface area contributed by atoms with Crippen LogP contribution < -0.4 is 10.1 Å². The molecule has 1 aliphatic heterocycles. The number of methoxy groups -OCH3 is 1. The van der Waals surface area contributed by atoms with E-state index in [1.165, 1.54) is 0 Å². The molecule has 0 bridgehead atoms. The zero-order valence-corrected chi connectivity index (χ0v) is 12.5. The van der Waals surface area contributed by atoms with Crippen molar-refractivity contribution >= 4 is 0 Å². The lowest BCUT2D eigenvalue weighted by atomic mass is 9.63. The van der Waals surface area contributed by atoms with Gasteiger partial charge in [0.15, 0.2) is 0 Å². The van der Waals surface area contributed by atoms with Gasteiger partial charge in [0.1, 0.15) is 5.75 Å². The van der Waals surface area contributed by atoms with Crippen LogP contribution in [-0.2, 0) is 5.60 Å². The predicted molar refractivity (Wildman–Crippen MR) is 79.7 cm³/mol. The van der Waals surface area contributed by atoms with Gasteiger partial charge in [-0.1, -0.05) is 18.2 Å². The van der Waals surface area contributed by atoms with Crippen LogP contribution in [-0.4, -0.2) is 24.8 Å². The molecular formula is C17H22N2O2. The van der Waals surface area contributed by atoms with Crippen LogP contribution >= 0.6 is 0 Å². The van der Waals surface area contributed by atoms with Crippen molar-refractivity contribution in [2.75, 3.05) is 13.7 Å². The summed E-state index contributed by atoms with van der Waals surface area (Å²) in [6, 6.07) is 10.3. The molecule has 1 aromatic carbocycles. The monoisotopic (exact) mass is 286 g/mol. The summed E-state index contributed by atoms with van der Waals surface area (Å²) in [7, 11) is 1.62. The van der Waals surface area contributed by atoms with Gasteiger partial charge in [-0.2, -0.15) is 5.26 Å². The highest BCUT2D eigenvalue weighted by molar-refractivity contribution is 5.40. The van der Waals surface area contributed by atoms with Crippen molar-refractivity contribution in [1.82, 2.24) is 5.32 Å². The number of aliphatic hydroxyl groups is 1. The SMILES string of the molecule is COc1ccccc1C1(O)CC(C#N)CC2C(C)NCC21. The highest BCUT2D eigenvalue weighted by Gasteiger charge is 2.53. The van der Waals surface area contributed by atoms with Gasteiger partial charge in [0.25, 0.3) is 0 Å². The summed E-state index contributed by atoms with van der Waals surface area (Å²) < 4.78 is 5.44. The molecule has 5 unspecified atom stereocenters. The smallest absolute Gasteiger partial charge is 0.124 e. The summed E-state index contributed by atoms with van der Waals surface area (Å²) >= 11 is 0. The lowest BCUT2D eigenvalue weighted by Crippen LogP contribution is -2.46. The van der Waals surface area contributed by atoms with Crippen LogP contribution in [0, 0.1) is 29.1 Å². The second kappa shape index (κ2) is 5.32. The van der Waals surface area contributed by atoms with E-state index >= 15 is 0 Å². The molecule has 1 saturated carbocycles. The van der Waals surface area contributed by atoms with Crippen molar-refractivity contribution in [3.8, 4) is 11.8 Å². The van der Waals surface area contributed by atoms with Crippen LogP contribution in [0.25, 0.3) is 0 Å². The third-order valence-corrected chi connectivity index (χ3v) is 5.30. The number of hydrogen-bond acceptors (Lipinski definition) is 4. The zero-order chi connectivity index (χ0) is 15.0. The molecule has 0 radical (unpaired) electrons. The summed E-state index contributed by atoms with van der Waals surface area (Å²) in [4.78, 5) is 0. The van der Waals surface area contributed by atoms with E-state index in [0.29, 0.717) is 24.1 Å². The Labute approximate surface area is 125 Å². The fourth-order valence-electron chi connectivity index (χ4n) is 4.20. The lowest BCUT2D eigenvalue weighted by molar-refractivity contribution is -0.0789. The normalized spacial score (nSPS) is 38.6. The van der Waals surface area contributed by atoms with Gasteiger partial charge in [0.05, 0.1) is 18.8 Å². The zero-order valence-electron chi connectivity index (χ0n) is 12.5. The van der Waals surface area contributed by atoms with Crippen LogP contribution in [0.2, 0.25) is 0 Å². The van der Waals surface area contributed by atoms with Gasteiger partial charge in [-0.15, -0.1) is 0 Å². The van der Waals surface area contributed by atoms with Gasteiger partial charge in [-0.3, -0.25) is 0 Å². The lowest BCUT2D eigenvalue weighted by Gasteiger charge is -2.44. The quantitative estimate of drug-likeness (QED) is 0.873. The number of nitrogens with one attached hydrogen (secondary N) is 1. The third kappa shape index (κ3) is 2.21. The minimum atomic E-state index is -0.992. The number of benzene rings is 1. The van der Waals surface area contributed by atoms with Crippen molar-refractivity contribution in [2.24, 2.45) is 17.8 Å². The number of fused-ring (bicyclic) bond motifs is 1. The molecule has 2 aliphatic rings. The Morgan fingerprint density at radius 2 is 2.19 bits per heavy atom. The Morgan fingerprint density at radius 1 is 1.43 bits per heavy atom. The molecular weight excluding hydrogens is 264 g/mol. The van der Waals surface area contributed by atoms with Crippen molar-refractivity contribution < 1.29 is 9.84 Å². The minimum Gasteiger partial charge on any atom is -0.496 e. The summed E-state index contributed by atoms with van der Waals surface area (Å²) in [5.74, 6) is 1.06. The molecule has 1 heterocycles. The molecule has 1 saturated heterocycles. The second-order valence-electron chi connectivity index (χ2n) is 6.36. The minimum absolute atomic E-state index is 0.108. The van der Waals surface area contributed by atoms with Crippen LogP contribution in [0.4, 0.5) is 0 Å². The van der Waals surface area contributed by atoms with Gasteiger partial charge in [0, 0.05) is 30.0 Å². The fourth-order valence-corrected chi connectivity index (χ4v) is 4.20. The number of para-hydroxylation sites is 1. The summed E-state index contributed by atoms with van der Waals surface area (Å²) in [6.07, 6.45) is 1.35. The van der Waals surface area contributed by atoms with E-state index in [1.54, 1.807) is 7.11 Å². The number of rotatable bonds is 2. The summed E-state index contributed by atoms with van der Waals surface area (Å²) in [6.45, 7) is 2.94. The second-order valence-corrected chi connectivity index (χ2v) is 6.36. The number of nitriles is 1. The maximum atomic E-state index is 11.5. The maximum absolute atomic E-state index is 11.5. The van der Waals surface area contributed by atoms with Crippen molar-refractivity contribution in [2.45, 2.75) is 31.4 Å². The van der Waals surface area contributed by atoms with Gasteiger partial charge < -0.3 is 15.2 Å². The largest absolute Gasteiger partial charge is 0.496 e. The Kier molecular flexibility index (Phi) is 3.64. The molecule has 4 nitrogen and oxygen atoms in total. The molecule has 1 aliphatic carbocycles. The first kappa shape index (κ1) is 14.4. The molecule has 0 spiro atoms. The van der Waals surface area contributed by atoms with E-state index in [9.17, 15) is 10.4 Å². The van der Waals surface area contributed by atoms with E-state index in [-0.39, 0.29) is 11.8 Å². The first-order chi connectivity index (χ1) is 10.1. The van der Waals surface area contributed by atoms with Crippen LogP contribution in [0.5, 0.6) is 5.75 Å². The molecule has 2 fully saturated rings. The van der Waals surface area contributed by atoms with Gasteiger partial charge in [-0.05, 0) is 31.7 Å². The van der Waals surface area contributed by atoms with Gasteiger partial charge >= 0.3 is 0 Å². The van der Waals surface area contributed by atoms with Gasteiger partial charge in [-0.25, -0.2) is 0 Å². The average Bonchev–Trinajstić information content (AvgIpc) is 2.89. The number of nitrogens with zero attached hydrogens (tertiary/aromatic N) is 1. The van der Waals surface area contributed by atoms with E-state index < -0.39 is 5.60 Å². The Balaban J connectivity index is 2.06. The average molecular weight is 286 g/mol. The first-order valence-corrected chi connectivity index (χ1v) is 7.59. The first-order valence-electron chi connectivity index (χ1n) is 7.59. The molecule has 4 heteroatoms. The molecule has 2 N–H and O–H groups in total. The van der Waals surface area contributed by atoms with Crippen molar-refractivity contribution in [3.05, 3.63) is 29.8 Å². The van der Waals surface area contributed by atoms with E-state index in [1.807, 2.05) is 24.3 Å². The Hall–Kier alpha value is -1.57. The van der Waals surface area contributed by atoms with Crippen molar-refractivity contribution in [3.63, 3.8) is 0 Å². The standard InChI is InChI=1S/C17H22N2O2/c1-11-13-7-12(9-18)8-17(20,15(13)10-19-11)14-5-3-4-6-16(14)21-2/h3-6,11-13,15,19-20H,7-8,10H2,1-2H3. The van der Waals surface area contributed by atoms with Crippen LogP contribution in [0.3, 0.4) is 0 Å². The fraction of sp³-hybridized carbons (Fsp3) is 0.588. The van der Waals surface area contributed by atoms with E-state index in [0.717, 1.165) is 18.5 Å². The molecule has 1 aromatic rings. The third-order valence-electron chi connectivity index (χ3n) is 5.30. The highest BCUT2D eigenvalue weighted by Crippen LogP contribution is 2.51. The number of hydrogen-bond donors (Lipinski definition) is 2. The topological polar surface area (TPSA) is 65.3 Å². The van der Waals surface area contributed by atoms with Gasteiger partial charge in [0.2, 0.25) is 0 Å². The van der Waals surface area contributed by atoms with Crippen LogP contribution in [0.1, 0.15) is 25.3 Å². The predicted octanol–water partition coefficient (Wildman–Crippen LogP) is 2.04. The summed E-state index contributed by atoms with van der Waals surface area (Å²) in [5, 5.41) is 24.3. The van der Waals surface area contributed by atoms with E-state index in [2.05, 4.69) is 18.3 Å². The molecule has 21 heavy (non-hydrogen) atoms. The van der Waals surface area contributed by atoms with Crippen molar-refractivity contribution in [1.29, 1.82) is 5.26 Å². The van der Waals surface area contributed by atoms with Crippen LogP contribution in [0.15, 0.2) is 24.3 Å². The molecule has 112 valence electrons. The maximum Gasteiger partial charge on any atom is 0.124 e. The highest BCUT2D eigenvalue weighted by atomic mass is 16.5. The molecule has 5 atom stereocenters. The Morgan fingerprint density at radius 3 is 2.90 bits per heavy atom.